The first-order chi connectivity index (χ1) is 9.88. The normalized spacial score (nSPS) is 30.1. The van der Waals surface area contributed by atoms with Gasteiger partial charge in [0.05, 0.1) is 6.04 Å². The summed E-state index contributed by atoms with van der Waals surface area (Å²) in [5.74, 6) is 1.20. The van der Waals surface area contributed by atoms with E-state index in [9.17, 15) is 9.59 Å². The molecule has 0 aliphatic carbocycles. The molecule has 120 valence electrons. The number of hydrogen-bond acceptors (Lipinski definition) is 3. The molecular weight excluding hydrogens is 266 g/mol. The van der Waals surface area contributed by atoms with Gasteiger partial charge >= 0.3 is 0 Å². The third-order valence-electron chi connectivity index (χ3n) is 5.02. The Morgan fingerprint density at radius 3 is 2.10 bits per heavy atom. The highest BCUT2D eigenvalue weighted by Crippen LogP contribution is 2.24. The molecule has 0 bridgehead atoms. The third kappa shape index (κ3) is 3.96. The minimum absolute atomic E-state index is 0.0152. The van der Waals surface area contributed by atoms with Crippen molar-refractivity contribution in [3.8, 4) is 0 Å². The van der Waals surface area contributed by atoms with Crippen LogP contribution in [0.5, 0.6) is 0 Å². The molecule has 2 saturated heterocycles. The summed E-state index contributed by atoms with van der Waals surface area (Å²) in [5, 5.41) is 0. The lowest BCUT2D eigenvalue weighted by molar-refractivity contribution is -0.139. The Bertz CT molecular complexity index is 381. The van der Waals surface area contributed by atoms with Gasteiger partial charge in [-0.05, 0) is 51.1 Å². The van der Waals surface area contributed by atoms with Gasteiger partial charge in [-0.15, -0.1) is 0 Å². The van der Waals surface area contributed by atoms with Crippen LogP contribution in [-0.2, 0) is 9.59 Å². The van der Waals surface area contributed by atoms with E-state index in [4.69, 9.17) is 5.73 Å². The fourth-order valence-electron chi connectivity index (χ4n) is 3.83. The van der Waals surface area contributed by atoms with Gasteiger partial charge in [-0.25, -0.2) is 0 Å². The molecule has 5 heteroatoms. The van der Waals surface area contributed by atoms with E-state index in [1.165, 1.54) is 6.42 Å². The summed E-state index contributed by atoms with van der Waals surface area (Å²) in [6, 6.07) is -0.0867. The average molecular weight is 295 g/mol. The second kappa shape index (κ2) is 6.77. The number of piperidine rings is 2. The number of carbonyl (C=O) groups is 2. The van der Waals surface area contributed by atoms with Crippen LogP contribution >= 0.6 is 0 Å². The summed E-state index contributed by atoms with van der Waals surface area (Å²) < 4.78 is 0. The van der Waals surface area contributed by atoms with Gasteiger partial charge in [0.2, 0.25) is 11.8 Å². The molecular formula is C16H29N3O2. The lowest BCUT2D eigenvalue weighted by Crippen LogP contribution is -2.53. The highest BCUT2D eigenvalue weighted by Gasteiger charge is 2.33. The van der Waals surface area contributed by atoms with Crippen molar-refractivity contribution in [2.75, 3.05) is 26.2 Å². The smallest absolute Gasteiger partial charge is 0.239 e. The van der Waals surface area contributed by atoms with E-state index < -0.39 is 0 Å². The quantitative estimate of drug-likeness (QED) is 0.847. The molecule has 0 unspecified atom stereocenters. The van der Waals surface area contributed by atoms with Crippen molar-refractivity contribution >= 4 is 11.8 Å². The Morgan fingerprint density at radius 2 is 1.62 bits per heavy atom. The van der Waals surface area contributed by atoms with Crippen LogP contribution in [0.25, 0.3) is 0 Å². The highest BCUT2D eigenvalue weighted by molar-refractivity contribution is 5.81. The molecule has 0 radical (unpaired) electrons. The van der Waals surface area contributed by atoms with Crippen LogP contribution in [-0.4, -0.2) is 53.8 Å². The van der Waals surface area contributed by atoms with Crippen molar-refractivity contribution in [1.29, 1.82) is 0 Å². The number of rotatable bonds is 3. The predicted molar refractivity (Wildman–Crippen MR) is 82.5 cm³/mol. The van der Waals surface area contributed by atoms with Crippen LogP contribution in [0, 0.1) is 17.8 Å². The van der Waals surface area contributed by atoms with Crippen molar-refractivity contribution in [2.24, 2.45) is 23.5 Å². The summed E-state index contributed by atoms with van der Waals surface area (Å²) >= 11 is 0. The Morgan fingerprint density at radius 1 is 1.10 bits per heavy atom. The van der Waals surface area contributed by atoms with Gasteiger partial charge in [0.15, 0.2) is 0 Å². The van der Waals surface area contributed by atoms with Crippen molar-refractivity contribution in [1.82, 2.24) is 9.80 Å². The fourth-order valence-corrected chi connectivity index (χ4v) is 3.83. The number of amides is 2. The molecule has 21 heavy (non-hydrogen) atoms. The first kappa shape index (κ1) is 16.3. The number of nitrogens with zero attached hydrogens (tertiary/aromatic N) is 2. The molecule has 2 aliphatic heterocycles. The Labute approximate surface area is 127 Å². The molecule has 0 saturated carbocycles. The van der Waals surface area contributed by atoms with Crippen LogP contribution < -0.4 is 5.73 Å². The summed E-state index contributed by atoms with van der Waals surface area (Å²) in [7, 11) is 0. The van der Waals surface area contributed by atoms with Gasteiger partial charge < -0.3 is 10.6 Å². The number of nitrogens with two attached hydrogens (primary N) is 1. The van der Waals surface area contributed by atoms with Gasteiger partial charge in [0, 0.05) is 19.0 Å². The maximum absolute atomic E-state index is 12.7. The molecule has 0 aromatic carbocycles. The molecule has 0 aromatic rings. The highest BCUT2D eigenvalue weighted by atomic mass is 16.2. The van der Waals surface area contributed by atoms with Gasteiger partial charge in [-0.1, -0.05) is 13.8 Å². The maximum Gasteiger partial charge on any atom is 0.239 e. The summed E-state index contributed by atoms with van der Waals surface area (Å²) in [5.41, 5.74) is 5.36. The number of primary amides is 1. The minimum Gasteiger partial charge on any atom is -0.369 e. The largest absolute Gasteiger partial charge is 0.369 e. The molecule has 2 N–H and O–H groups in total. The molecule has 3 atom stereocenters. The first-order valence-electron chi connectivity index (χ1n) is 8.20. The SMILES string of the molecule is C[C@@H]1C[C@@H](C)CN(C(=O)[C@@H](C)N2CCC(C(N)=O)CC2)C1. The summed E-state index contributed by atoms with van der Waals surface area (Å²) in [6.07, 6.45) is 2.77. The van der Waals surface area contributed by atoms with E-state index in [-0.39, 0.29) is 23.8 Å². The number of hydrogen-bond donors (Lipinski definition) is 1. The molecule has 2 fully saturated rings. The Kier molecular flexibility index (Phi) is 5.25. The van der Waals surface area contributed by atoms with Crippen LogP contribution in [0.15, 0.2) is 0 Å². The van der Waals surface area contributed by atoms with Gasteiger partial charge in [-0.2, -0.15) is 0 Å². The van der Waals surface area contributed by atoms with Crippen molar-refractivity contribution in [2.45, 2.75) is 46.1 Å². The molecule has 0 spiro atoms. The molecule has 0 aromatic heterocycles. The molecule has 2 rings (SSSR count). The van der Waals surface area contributed by atoms with Gasteiger partial charge in [0.1, 0.15) is 0 Å². The lowest BCUT2D eigenvalue weighted by atomic mass is 9.91. The second-order valence-electron chi connectivity index (χ2n) is 7.08. The van der Waals surface area contributed by atoms with Crippen LogP contribution in [0.3, 0.4) is 0 Å². The zero-order valence-corrected chi connectivity index (χ0v) is 13.5. The van der Waals surface area contributed by atoms with E-state index >= 15 is 0 Å². The van der Waals surface area contributed by atoms with E-state index in [1.54, 1.807) is 0 Å². The van der Waals surface area contributed by atoms with Crippen LogP contribution in [0.2, 0.25) is 0 Å². The first-order valence-corrected chi connectivity index (χ1v) is 8.20. The molecule has 2 amide bonds. The fraction of sp³-hybridized carbons (Fsp3) is 0.875. The van der Waals surface area contributed by atoms with E-state index in [1.807, 2.05) is 11.8 Å². The Balaban J connectivity index is 1.89. The van der Waals surface area contributed by atoms with E-state index in [0.717, 1.165) is 39.0 Å². The lowest BCUT2D eigenvalue weighted by Gasteiger charge is -2.40. The molecule has 2 aliphatic rings. The number of carbonyl (C=O) groups excluding carboxylic acids is 2. The van der Waals surface area contributed by atoms with Crippen molar-refractivity contribution in [3.63, 3.8) is 0 Å². The summed E-state index contributed by atoms with van der Waals surface area (Å²) in [4.78, 5) is 28.1. The van der Waals surface area contributed by atoms with Crippen LogP contribution in [0.1, 0.15) is 40.0 Å². The molecule has 5 nitrogen and oxygen atoms in total. The van der Waals surface area contributed by atoms with Crippen molar-refractivity contribution in [3.05, 3.63) is 0 Å². The monoisotopic (exact) mass is 295 g/mol. The van der Waals surface area contributed by atoms with Gasteiger partial charge in [-0.3, -0.25) is 14.5 Å². The maximum atomic E-state index is 12.7. The van der Waals surface area contributed by atoms with Crippen molar-refractivity contribution < 1.29 is 9.59 Å². The molecule has 2 heterocycles. The zero-order chi connectivity index (χ0) is 15.6. The van der Waals surface area contributed by atoms with Gasteiger partial charge in [0.25, 0.3) is 0 Å². The summed E-state index contributed by atoms with van der Waals surface area (Å²) in [6.45, 7) is 9.78. The topological polar surface area (TPSA) is 66.6 Å². The Hall–Kier alpha value is -1.10. The predicted octanol–water partition coefficient (Wildman–Crippen LogP) is 1.08. The minimum atomic E-state index is -0.202. The third-order valence-corrected chi connectivity index (χ3v) is 5.02. The zero-order valence-electron chi connectivity index (χ0n) is 13.5. The average Bonchev–Trinajstić information content (AvgIpc) is 2.44. The van der Waals surface area contributed by atoms with E-state index in [0.29, 0.717) is 11.8 Å². The second-order valence-corrected chi connectivity index (χ2v) is 7.08. The van der Waals surface area contributed by atoms with E-state index in [2.05, 4.69) is 18.7 Å². The van der Waals surface area contributed by atoms with Crippen LogP contribution in [0.4, 0.5) is 0 Å². The number of likely N-dealkylation sites (tertiary alicyclic amines) is 2. The standard InChI is InChI=1S/C16H29N3O2/c1-11-8-12(2)10-19(9-11)16(21)13(3)18-6-4-14(5-7-18)15(17)20/h11-14H,4-10H2,1-3H3,(H2,17,20)/t11-,12-,13-/m1/s1.